The summed E-state index contributed by atoms with van der Waals surface area (Å²) in [5, 5.41) is 2.60. The number of carbonyl (C=O) groups excluding carboxylic acids is 1. The molecule has 2 N–H and O–H groups in total. The Morgan fingerprint density at radius 3 is 3.07 bits per heavy atom. The molecule has 14 heavy (non-hydrogen) atoms. The van der Waals surface area contributed by atoms with Gasteiger partial charge in [-0.1, -0.05) is 18.2 Å². The lowest BCUT2D eigenvalue weighted by molar-refractivity contribution is 0.102. The van der Waals surface area contributed by atoms with Crippen LogP contribution in [0.2, 0.25) is 0 Å². The van der Waals surface area contributed by atoms with Gasteiger partial charge in [-0.05, 0) is 12.1 Å². The molecule has 0 aliphatic carbocycles. The van der Waals surface area contributed by atoms with Gasteiger partial charge in [0, 0.05) is 18.0 Å². The number of amides is 1. The number of hydrogen-bond donors (Lipinski definition) is 2. The van der Waals surface area contributed by atoms with Crippen molar-refractivity contribution in [1.29, 1.82) is 0 Å². The van der Waals surface area contributed by atoms with Crippen molar-refractivity contribution in [3.05, 3.63) is 48.3 Å². The Morgan fingerprint density at radius 1 is 1.50 bits per heavy atom. The maximum absolute atomic E-state index is 11.5. The Kier molecular flexibility index (Phi) is 2.27. The molecule has 0 atom stereocenters. The van der Waals surface area contributed by atoms with Gasteiger partial charge < -0.3 is 4.98 Å². The van der Waals surface area contributed by atoms with E-state index in [4.69, 9.17) is 0 Å². The highest BCUT2D eigenvalue weighted by molar-refractivity contribution is 6.03. The monoisotopic (exact) mass is 186 g/mol. The number of imidazole rings is 1. The minimum Gasteiger partial charge on any atom is -0.331 e. The van der Waals surface area contributed by atoms with Crippen LogP contribution in [0.3, 0.4) is 0 Å². The number of nitrogens with zero attached hydrogens (tertiary/aromatic N) is 1. The van der Waals surface area contributed by atoms with Crippen molar-refractivity contribution < 1.29 is 4.79 Å². The molecule has 1 aromatic carbocycles. The molecule has 1 amide bonds. The number of benzene rings is 1. The van der Waals surface area contributed by atoms with Crippen LogP contribution < -0.4 is 5.32 Å². The van der Waals surface area contributed by atoms with Gasteiger partial charge in [0.1, 0.15) is 0 Å². The Bertz CT molecular complexity index is 408. The van der Waals surface area contributed by atoms with Gasteiger partial charge in [0.25, 0.3) is 5.91 Å². The van der Waals surface area contributed by atoms with Crippen LogP contribution in [0.4, 0.5) is 5.95 Å². The summed E-state index contributed by atoms with van der Waals surface area (Å²) in [5.74, 6) is 0.216. The number of carbonyl (C=O) groups is 1. The molecule has 0 bridgehead atoms. The van der Waals surface area contributed by atoms with Gasteiger partial charge >= 0.3 is 0 Å². The fourth-order valence-electron chi connectivity index (χ4n) is 1.04. The third kappa shape index (κ3) is 1.80. The molecule has 0 saturated carbocycles. The first-order chi connectivity index (χ1) is 6.86. The maximum atomic E-state index is 11.5. The molecule has 1 aromatic heterocycles. The fourth-order valence-corrected chi connectivity index (χ4v) is 1.04. The Morgan fingerprint density at radius 2 is 2.43 bits per heavy atom. The van der Waals surface area contributed by atoms with E-state index < -0.39 is 0 Å². The average molecular weight is 186 g/mol. The van der Waals surface area contributed by atoms with Gasteiger partial charge in [0.15, 0.2) is 0 Å². The van der Waals surface area contributed by atoms with E-state index in [0.29, 0.717) is 11.5 Å². The number of nitrogens with one attached hydrogen (secondary N) is 2. The van der Waals surface area contributed by atoms with Crippen molar-refractivity contribution in [3.8, 4) is 0 Å². The van der Waals surface area contributed by atoms with Gasteiger partial charge in [-0.25, -0.2) is 4.98 Å². The lowest BCUT2D eigenvalue weighted by Crippen LogP contribution is -2.12. The van der Waals surface area contributed by atoms with Gasteiger partial charge in [-0.15, -0.1) is 0 Å². The molecule has 69 valence electrons. The summed E-state index contributed by atoms with van der Waals surface area (Å²) in [4.78, 5) is 18.2. The number of rotatable bonds is 2. The second kappa shape index (κ2) is 3.74. The first-order valence-electron chi connectivity index (χ1n) is 4.14. The molecule has 0 unspecified atom stereocenters. The highest BCUT2D eigenvalue weighted by Gasteiger charge is 2.05. The fraction of sp³-hybridized carbons (Fsp3) is 0. The Labute approximate surface area is 81.0 Å². The van der Waals surface area contributed by atoms with Gasteiger partial charge in [-0.3, -0.25) is 10.1 Å². The highest BCUT2D eigenvalue weighted by atomic mass is 16.1. The van der Waals surface area contributed by atoms with Crippen LogP contribution in [0.25, 0.3) is 0 Å². The van der Waals surface area contributed by atoms with Crippen LogP contribution in [0.15, 0.2) is 36.7 Å². The summed E-state index contributed by atoms with van der Waals surface area (Å²) in [6.45, 7) is 0. The van der Waals surface area contributed by atoms with Gasteiger partial charge in [0.05, 0.1) is 0 Å². The van der Waals surface area contributed by atoms with E-state index in [1.165, 1.54) is 0 Å². The number of aromatic nitrogens is 2. The lowest BCUT2D eigenvalue weighted by atomic mass is 10.2. The molecule has 1 radical (unpaired) electrons. The topological polar surface area (TPSA) is 57.8 Å². The van der Waals surface area contributed by atoms with Gasteiger partial charge in [-0.2, -0.15) is 0 Å². The zero-order valence-corrected chi connectivity index (χ0v) is 7.32. The average Bonchev–Trinajstić information content (AvgIpc) is 2.72. The molecule has 0 spiro atoms. The van der Waals surface area contributed by atoms with E-state index in [1.54, 1.807) is 30.6 Å². The first kappa shape index (κ1) is 8.50. The second-order valence-corrected chi connectivity index (χ2v) is 2.67. The van der Waals surface area contributed by atoms with E-state index >= 15 is 0 Å². The van der Waals surface area contributed by atoms with E-state index in [0.717, 1.165) is 0 Å². The minimum atomic E-state index is -0.222. The molecule has 0 saturated heterocycles. The van der Waals surface area contributed by atoms with Crippen LogP contribution in [0.1, 0.15) is 10.4 Å². The molecule has 4 heteroatoms. The van der Waals surface area contributed by atoms with Crippen LogP contribution in [0, 0.1) is 6.07 Å². The van der Waals surface area contributed by atoms with Crippen molar-refractivity contribution in [3.63, 3.8) is 0 Å². The van der Waals surface area contributed by atoms with E-state index in [1.807, 2.05) is 6.07 Å². The minimum absolute atomic E-state index is 0.222. The molecule has 1 heterocycles. The molecule has 0 aliphatic rings. The van der Waals surface area contributed by atoms with Crippen molar-refractivity contribution >= 4 is 11.9 Å². The lowest BCUT2D eigenvalue weighted by Gasteiger charge is -1.99. The zero-order chi connectivity index (χ0) is 9.80. The zero-order valence-electron chi connectivity index (χ0n) is 7.32. The van der Waals surface area contributed by atoms with E-state index in [2.05, 4.69) is 21.4 Å². The Balaban J connectivity index is 2.11. The predicted molar refractivity (Wildman–Crippen MR) is 51.8 cm³/mol. The van der Waals surface area contributed by atoms with Crippen molar-refractivity contribution in [1.82, 2.24) is 9.97 Å². The van der Waals surface area contributed by atoms with E-state index in [9.17, 15) is 4.79 Å². The van der Waals surface area contributed by atoms with Crippen LogP contribution in [0.5, 0.6) is 0 Å². The van der Waals surface area contributed by atoms with Crippen molar-refractivity contribution in [2.45, 2.75) is 0 Å². The standard InChI is InChI=1S/C10H8N3O/c14-9(8-4-2-1-3-5-8)13-10-11-6-7-12-10/h1-4,6-7H,(H2,11,12,13,14). The number of anilines is 1. The normalized spacial score (nSPS) is 9.71. The Hall–Kier alpha value is -2.10. The molecule has 2 aromatic rings. The van der Waals surface area contributed by atoms with Crippen molar-refractivity contribution in [2.24, 2.45) is 0 Å². The highest BCUT2D eigenvalue weighted by Crippen LogP contribution is 2.02. The van der Waals surface area contributed by atoms with E-state index in [-0.39, 0.29) is 5.91 Å². The first-order valence-corrected chi connectivity index (χ1v) is 4.14. The second-order valence-electron chi connectivity index (χ2n) is 2.67. The summed E-state index contributed by atoms with van der Waals surface area (Å²) in [5.41, 5.74) is 0.490. The summed E-state index contributed by atoms with van der Waals surface area (Å²) in [7, 11) is 0. The van der Waals surface area contributed by atoms with Crippen molar-refractivity contribution in [2.75, 3.05) is 5.32 Å². The number of aromatic amines is 1. The van der Waals surface area contributed by atoms with Crippen LogP contribution >= 0.6 is 0 Å². The summed E-state index contributed by atoms with van der Waals surface area (Å²) in [6.07, 6.45) is 3.22. The maximum Gasteiger partial charge on any atom is 0.258 e. The molecular formula is C10H8N3O. The predicted octanol–water partition coefficient (Wildman–Crippen LogP) is 1.46. The van der Waals surface area contributed by atoms with Crippen LogP contribution in [-0.4, -0.2) is 15.9 Å². The SMILES string of the molecule is O=C(Nc1ncc[nH]1)c1[c]cccc1. The molecule has 4 nitrogen and oxygen atoms in total. The number of H-pyrrole nitrogens is 1. The third-order valence-electron chi connectivity index (χ3n) is 1.68. The summed E-state index contributed by atoms with van der Waals surface area (Å²) < 4.78 is 0. The molecular weight excluding hydrogens is 178 g/mol. The molecule has 0 fully saturated rings. The van der Waals surface area contributed by atoms with Crippen LogP contribution in [-0.2, 0) is 0 Å². The molecule has 2 rings (SSSR count). The number of hydrogen-bond acceptors (Lipinski definition) is 2. The molecule has 0 aliphatic heterocycles. The largest absolute Gasteiger partial charge is 0.331 e. The summed E-state index contributed by atoms with van der Waals surface area (Å²) in [6, 6.07) is 9.81. The van der Waals surface area contributed by atoms with Gasteiger partial charge in [0.2, 0.25) is 5.95 Å². The summed E-state index contributed by atoms with van der Waals surface area (Å²) >= 11 is 0. The third-order valence-corrected chi connectivity index (χ3v) is 1.68. The smallest absolute Gasteiger partial charge is 0.258 e. The quantitative estimate of drug-likeness (QED) is 0.746.